The Labute approximate surface area is 114 Å². The minimum Gasteiger partial charge on any atom is -0.369 e. The topological polar surface area (TPSA) is 68.0 Å². The number of carbonyl (C=O) groups is 1. The largest absolute Gasteiger partial charge is 0.369 e. The van der Waals surface area contributed by atoms with E-state index in [0.29, 0.717) is 0 Å². The molecule has 0 unspecified atom stereocenters. The number of aryl methyl sites for hydroxylation is 1. The highest BCUT2D eigenvalue weighted by atomic mass is 16.1. The molecule has 0 spiro atoms. The first-order chi connectivity index (χ1) is 9.18. The van der Waals surface area contributed by atoms with Crippen LogP contribution in [0.4, 0.5) is 0 Å². The molecule has 1 saturated carbocycles. The SMILES string of the molecule is Cc1ncccc1CN[C@@H]1CCCCC[C@H]1C(N)=O. The van der Waals surface area contributed by atoms with Crippen LogP contribution in [0.1, 0.15) is 43.4 Å². The van der Waals surface area contributed by atoms with Crippen molar-refractivity contribution in [1.82, 2.24) is 10.3 Å². The Balaban J connectivity index is 1.99. The van der Waals surface area contributed by atoms with Crippen molar-refractivity contribution in [2.75, 3.05) is 0 Å². The molecule has 2 rings (SSSR count). The molecule has 1 heterocycles. The molecule has 1 fully saturated rings. The molecule has 19 heavy (non-hydrogen) atoms. The number of primary amides is 1. The van der Waals surface area contributed by atoms with Gasteiger partial charge in [-0.1, -0.05) is 25.3 Å². The van der Waals surface area contributed by atoms with E-state index in [0.717, 1.165) is 31.5 Å². The summed E-state index contributed by atoms with van der Waals surface area (Å²) in [6, 6.07) is 4.23. The van der Waals surface area contributed by atoms with E-state index in [2.05, 4.69) is 16.4 Å². The zero-order valence-electron chi connectivity index (χ0n) is 11.6. The monoisotopic (exact) mass is 261 g/mol. The molecule has 1 aliphatic rings. The van der Waals surface area contributed by atoms with Gasteiger partial charge in [0.05, 0.1) is 5.92 Å². The van der Waals surface area contributed by atoms with Crippen LogP contribution in [0.5, 0.6) is 0 Å². The molecule has 1 amide bonds. The summed E-state index contributed by atoms with van der Waals surface area (Å²) in [5.41, 5.74) is 7.77. The molecule has 0 saturated heterocycles. The summed E-state index contributed by atoms with van der Waals surface area (Å²) in [7, 11) is 0. The normalized spacial score (nSPS) is 23.8. The molecule has 0 radical (unpaired) electrons. The molecule has 4 nitrogen and oxygen atoms in total. The van der Waals surface area contributed by atoms with Crippen LogP contribution in [-0.4, -0.2) is 16.9 Å². The predicted octanol–water partition coefficient (Wildman–Crippen LogP) is 1.91. The molecule has 0 aromatic carbocycles. The van der Waals surface area contributed by atoms with E-state index >= 15 is 0 Å². The molecule has 104 valence electrons. The van der Waals surface area contributed by atoms with Crippen molar-refractivity contribution in [2.45, 2.75) is 51.6 Å². The van der Waals surface area contributed by atoms with Crippen LogP contribution in [0.3, 0.4) is 0 Å². The van der Waals surface area contributed by atoms with Gasteiger partial charge in [-0.25, -0.2) is 0 Å². The van der Waals surface area contributed by atoms with Gasteiger partial charge in [-0.15, -0.1) is 0 Å². The lowest BCUT2D eigenvalue weighted by molar-refractivity contribution is -0.122. The lowest BCUT2D eigenvalue weighted by Crippen LogP contribution is -2.42. The fourth-order valence-electron chi connectivity index (χ4n) is 2.84. The third kappa shape index (κ3) is 3.77. The molecule has 2 atom stereocenters. The maximum atomic E-state index is 11.6. The summed E-state index contributed by atoms with van der Waals surface area (Å²) < 4.78 is 0. The highest BCUT2D eigenvalue weighted by Crippen LogP contribution is 2.23. The zero-order chi connectivity index (χ0) is 13.7. The van der Waals surface area contributed by atoms with Gasteiger partial charge in [0.15, 0.2) is 0 Å². The Morgan fingerprint density at radius 3 is 2.95 bits per heavy atom. The number of nitrogens with two attached hydrogens (primary N) is 1. The van der Waals surface area contributed by atoms with Crippen LogP contribution in [0.25, 0.3) is 0 Å². The molecule has 1 aromatic heterocycles. The van der Waals surface area contributed by atoms with E-state index in [-0.39, 0.29) is 17.9 Å². The number of nitrogens with one attached hydrogen (secondary N) is 1. The number of nitrogens with zero attached hydrogens (tertiary/aromatic N) is 1. The fraction of sp³-hybridized carbons (Fsp3) is 0.600. The Morgan fingerprint density at radius 2 is 2.21 bits per heavy atom. The smallest absolute Gasteiger partial charge is 0.222 e. The van der Waals surface area contributed by atoms with Gasteiger partial charge in [0, 0.05) is 24.5 Å². The second-order valence-corrected chi connectivity index (χ2v) is 5.38. The van der Waals surface area contributed by atoms with Crippen molar-refractivity contribution in [3.05, 3.63) is 29.6 Å². The van der Waals surface area contributed by atoms with E-state index in [4.69, 9.17) is 5.73 Å². The summed E-state index contributed by atoms with van der Waals surface area (Å²) in [4.78, 5) is 15.8. The fourth-order valence-corrected chi connectivity index (χ4v) is 2.84. The van der Waals surface area contributed by atoms with Gasteiger partial charge < -0.3 is 11.1 Å². The van der Waals surface area contributed by atoms with E-state index in [1.807, 2.05) is 13.0 Å². The Kier molecular flexibility index (Phi) is 4.91. The minimum absolute atomic E-state index is 0.0283. The van der Waals surface area contributed by atoms with Crippen LogP contribution in [0.15, 0.2) is 18.3 Å². The van der Waals surface area contributed by atoms with Crippen LogP contribution in [0.2, 0.25) is 0 Å². The number of aromatic nitrogens is 1. The van der Waals surface area contributed by atoms with Gasteiger partial charge in [-0.05, 0) is 31.4 Å². The Hall–Kier alpha value is -1.42. The molecule has 1 aromatic rings. The van der Waals surface area contributed by atoms with Crippen molar-refractivity contribution < 1.29 is 4.79 Å². The van der Waals surface area contributed by atoms with Crippen LogP contribution < -0.4 is 11.1 Å². The molecule has 0 bridgehead atoms. The Morgan fingerprint density at radius 1 is 1.42 bits per heavy atom. The Bertz CT molecular complexity index is 433. The number of hydrogen-bond acceptors (Lipinski definition) is 3. The van der Waals surface area contributed by atoms with Crippen molar-refractivity contribution in [1.29, 1.82) is 0 Å². The van der Waals surface area contributed by atoms with Crippen molar-refractivity contribution in [2.24, 2.45) is 11.7 Å². The summed E-state index contributed by atoms with van der Waals surface area (Å²) in [5, 5.41) is 3.51. The van der Waals surface area contributed by atoms with Gasteiger partial charge in [0.25, 0.3) is 0 Å². The molecular weight excluding hydrogens is 238 g/mol. The maximum Gasteiger partial charge on any atom is 0.222 e. The van der Waals surface area contributed by atoms with Crippen LogP contribution in [0, 0.1) is 12.8 Å². The lowest BCUT2D eigenvalue weighted by atomic mass is 9.94. The van der Waals surface area contributed by atoms with Gasteiger partial charge in [0.1, 0.15) is 0 Å². The highest BCUT2D eigenvalue weighted by Gasteiger charge is 2.27. The quantitative estimate of drug-likeness (QED) is 0.814. The summed E-state index contributed by atoms with van der Waals surface area (Å²) in [5.74, 6) is -0.193. The van der Waals surface area contributed by atoms with Crippen LogP contribution in [-0.2, 0) is 11.3 Å². The van der Waals surface area contributed by atoms with Gasteiger partial charge in [0.2, 0.25) is 5.91 Å². The number of rotatable bonds is 4. The molecule has 4 heteroatoms. The molecule has 0 aliphatic heterocycles. The number of carbonyl (C=O) groups excluding carboxylic acids is 1. The second kappa shape index (κ2) is 6.66. The number of pyridine rings is 1. The highest BCUT2D eigenvalue weighted by molar-refractivity contribution is 5.77. The van der Waals surface area contributed by atoms with E-state index in [9.17, 15) is 4.79 Å². The lowest BCUT2D eigenvalue weighted by Gasteiger charge is -2.24. The van der Waals surface area contributed by atoms with Crippen molar-refractivity contribution in [3.8, 4) is 0 Å². The summed E-state index contributed by atoms with van der Waals surface area (Å²) in [6.45, 7) is 2.77. The first-order valence-electron chi connectivity index (χ1n) is 7.11. The number of hydrogen-bond donors (Lipinski definition) is 2. The van der Waals surface area contributed by atoms with Gasteiger partial charge in [-0.2, -0.15) is 0 Å². The van der Waals surface area contributed by atoms with Gasteiger partial charge in [-0.3, -0.25) is 9.78 Å². The van der Waals surface area contributed by atoms with E-state index in [1.54, 1.807) is 6.20 Å². The number of amides is 1. The predicted molar refractivity (Wildman–Crippen MR) is 75.4 cm³/mol. The van der Waals surface area contributed by atoms with Crippen molar-refractivity contribution in [3.63, 3.8) is 0 Å². The van der Waals surface area contributed by atoms with E-state index < -0.39 is 0 Å². The standard InChI is InChI=1S/C15H23N3O/c1-11-12(6-5-9-17-11)10-18-14-8-4-2-3-7-13(14)15(16)19/h5-6,9,13-14,18H,2-4,7-8,10H2,1H3,(H2,16,19)/t13-,14-/m1/s1. The first-order valence-corrected chi connectivity index (χ1v) is 7.11. The second-order valence-electron chi connectivity index (χ2n) is 5.38. The average molecular weight is 261 g/mol. The minimum atomic E-state index is -0.165. The average Bonchev–Trinajstić information content (AvgIpc) is 2.63. The van der Waals surface area contributed by atoms with Crippen molar-refractivity contribution >= 4 is 5.91 Å². The molecule has 3 N–H and O–H groups in total. The van der Waals surface area contributed by atoms with Gasteiger partial charge >= 0.3 is 0 Å². The zero-order valence-corrected chi connectivity index (χ0v) is 11.6. The van der Waals surface area contributed by atoms with E-state index in [1.165, 1.54) is 18.4 Å². The molecule has 1 aliphatic carbocycles. The summed E-state index contributed by atoms with van der Waals surface area (Å²) in [6.07, 6.45) is 7.24. The van der Waals surface area contributed by atoms with Crippen LogP contribution >= 0.6 is 0 Å². The molecular formula is C15H23N3O. The third-order valence-corrected chi connectivity index (χ3v) is 4.05. The third-order valence-electron chi connectivity index (χ3n) is 4.05. The first kappa shape index (κ1) is 14.0. The maximum absolute atomic E-state index is 11.6. The summed E-state index contributed by atoms with van der Waals surface area (Å²) >= 11 is 0.